The Bertz CT molecular complexity index is 803. The zero-order valence-electron chi connectivity index (χ0n) is 15.4. The van der Waals surface area contributed by atoms with Crippen molar-refractivity contribution in [3.05, 3.63) is 65.5 Å². The largest absolute Gasteiger partial charge is 0.478 e. The van der Waals surface area contributed by atoms with Crippen LogP contribution >= 0.6 is 11.8 Å². The summed E-state index contributed by atoms with van der Waals surface area (Å²) in [4.78, 5) is 26.2. The summed E-state index contributed by atoms with van der Waals surface area (Å²) < 4.78 is 13.0. The fourth-order valence-electron chi connectivity index (χ4n) is 3.20. The Balaban J connectivity index is 1.37. The number of hydrogen-bond donors (Lipinski definition) is 2. The van der Waals surface area contributed by atoms with E-state index in [1.165, 1.54) is 23.9 Å². The van der Waals surface area contributed by atoms with Crippen LogP contribution in [0.5, 0.6) is 0 Å². The molecule has 0 aromatic heterocycles. The number of carboxylic acid groups (broad SMARTS) is 1. The van der Waals surface area contributed by atoms with Crippen molar-refractivity contribution in [3.63, 3.8) is 0 Å². The highest BCUT2D eigenvalue weighted by Crippen LogP contribution is 2.19. The average Bonchev–Trinajstić information content (AvgIpc) is 2.70. The molecule has 1 aliphatic heterocycles. The average molecular weight is 402 g/mol. The molecule has 2 aromatic rings. The van der Waals surface area contributed by atoms with Gasteiger partial charge in [-0.3, -0.25) is 9.69 Å². The molecular weight excluding hydrogens is 379 g/mol. The van der Waals surface area contributed by atoms with Crippen LogP contribution in [0.15, 0.2) is 53.4 Å². The van der Waals surface area contributed by atoms with Crippen LogP contribution in [0.1, 0.15) is 28.8 Å². The lowest BCUT2D eigenvalue weighted by molar-refractivity contribution is -0.119. The standard InChI is InChI=1S/C21H23FN2O3S/c22-17-5-1-15(2-6-17)13-24-11-9-18(10-12-24)23-20(25)14-28-19-7-3-16(4-8-19)21(26)27/h1-8,18H,9-14H2,(H,23,25)(H,26,27). The van der Waals surface area contributed by atoms with Gasteiger partial charge >= 0.3 is 5.97 Å². The van der Waals surface area contributed by atoms with E-state index in [1.807, 2.05) is 12.1 Å². The minimum absolute atomic E-state index is 0.00991. The minimum Gasteiger partial charge on any atom is -0.478 e. The number of carbonyl (C=O) groups excluding carboxylic acids is 1. The maximum absolute atomic E-state index is 13.0. The van der Waals surface area contributed by atoms with Gasteiger partial charge in [-0.2, -0.15) is 0 Å². The highest BCUT2D eigenvalue weighted by Gasteiger charge is 2.20. The van der Waals surface area contributed by atoms with Gasteiger partial charge in [0.15, 0.2) is 0 Å². The molecule has 2 aromatic carbocycles. The van der Waals surface area contributed by atoms with Gasteiger partial charge in [0.2, 0.25) is 5.91 Å². The van der Waals surface area contributed by atoms with Gasteiger partial charge in [0.25, 0.3) is 0 Å². The third kappa shape index (κ3) is 6.07. The van der Waals surface area contributed by atoms with Crippen LogP contribution in [0.3, 0.4) is 0 Å². The number of amides is 1. The summed E-state index contributed by atoms with van der Waals surface area (Å²) in [5, 5.41) is 12.0. The molecule has 0 unspecified atom stereocenters. The molecule has 1 amide bonds. The zero-order valence-corrected chi connectivity index (χ0v) is 16.3. The SMILES string of the molecule is O=C(CSc1ccc(C(=O)O)cc1)NC1CCN(Cc2ccc(F)cc2)CC1. The van der Waals surface area contributed by atoms with Gasteiger partial charge in [-0.15, -0.1) is 11.8 Å². The predicted molar refractivity (Wildman–Crippen MR) is 107 cm³/mol. The van der Waals surface area contributed by atoms with Crippen LogP contribution < -0.4 is 5.32 Å². The Hall–Kier alpha value is -2.38. The molecule has 0 saturated carbocycles. The molecule has 1 saturated heterocycles. The second-order valence-electron chi connectivity index (χ2n) is 6.86. The van der Waals surface area contributed by atoms with E-state index < -0.39 is 5.97 Å². The van der Waals surface area contributed by atoms with E-state index in [-0.39, 0.29) is 23.3 Å². The van der Waals surface area contributed by atoms with Crippen LogP contribution in [0.4, 0.5) is 4.39 Å². The fraction of sp³-hybridized carbons (Fsp3) is 0.333. The molecular formula is C21H23FN2O3S. The normalized spacial score (nSPS) is 15.3. The number of carbonyl (C=O) groups is 2. The van der Waals surface area contributed by atoms with Gasteiger partial charge in [-0.25, -0.2) is 9.18 Å². The van der Waals surface area contributed by atoms with E-state index in [4.69, 9.17) is 5.11 Å². The molecule has 28 heavy (non-hydrogen) atoms. The summed E-state index contributed by atoms with van der Waals surface area (Å²) in [6.45, 7) is 2.58. The molecule has 0 spiro atoms. The number of halogens is 1. The Morgan fingerprint density at radius 3 is 2.32 bits per heavy atom. The molecule has 148 valence electrons. The minimum atomic E-state index is -0.958. The molecule has 0 radical (unpaired) electrons. The lowest BCUT2D eigenvalue weighted by Gasteiger charge is -2.32. The first-order valence-electron chi connectivity index (χ1n) is 9.22. The number of carboxylic acids is 1. The summed E-state index contributed by atoms with van der Waals surface area (Å²) in [6.07, 6.45) is 1.79. The molecule has 0 atom stereocenters. The molecule has 0 aliphatic carbocycles. The van der Waals surface area contributed by atoms with E-state index in [2.05, 4.69) is 10.2 Å². The van der Waals surface area contributed by atoms with Gasteiger partial charge in [0.1, 0.15) is 5.82 Å². The summed E-state index contributed by atoms with van der Waals surface area (Å²) in [7, 11) is 0. The van der Waals surface area contributed by atoms with Crippen molar-refractivity contribution >= 4 is 23.6 Å². The number of rotatable bonds is 7. The maximum atomic E-state index is 13.0. The Morgan fingerprint density at radius 1 is 1.07 bits per heavy atom. The third-order valence-electron chi connectivity index (χ3n) is 4.74. The lowest BCUT2D eigenvalue weighted by atomic mass is 10.0. The van der Waals surface area contributed by atoms with E-state index in [9.17, 15) is 14.0 Å². The predicted octanol–water partition coefficient (Wildman–Crippen LogP) is 3.40. The Morgan fingerprint density at radius 2 is 1.71 bits per heavy atom. The smallest absolute Gasteiger partial charge is 0.335 e. The van der Waals surface area contributed by atoms with E-state index in [0.29, 0.717) is 5.75 Å². The molecule has 0 bridgehead atoms. The fourth-order valence-corrected chi connectivity index (χ4v) is 3.91. The number of nitrogens with one attached hydrogen (secondary N) is 1. The number of hydrogen-bond acceptors (Lipinski definition) is 4. The first kappa shape index (κ1) is 20.4. The lowest BCUT2D eigenvalue weighted by Crippen LogP contribution is -2.44. The van der Waals surface area contributed by atoms with Gasteiger partial charge in [-0.05, 0) is 54.8 Å². The van der Waals surface area contributed by atoms with Crippen molar-refractivity contribution in [1.29, 1.82) is 0 Å². The van der Waals surface area contributed by atoms with Crippen LogP contribution in [-0.4, -0.2) is 46.8 Å². The summed E-state index contributed by atoms with van der Waals surface area (Å²) in [5.41, 5.74) is 1.33. The number of thioether (sulfide) groups is 1. The van der Waals surface area contributed by atoms with Crippen molar-refractivity contribution in [1.82, 2.24) is 10.2 Å². The second kappa shape index (κ2) is 9.71. The van der Waals surface area contributed by atoms with Crippen LogP contribution in [0.25, 0.3) is 0 Å². The Labute approximate surface area is 167 Å². The molecule has 1 fully saturated rings. The van der Waals surface area contributed by atoms with Gasteiger partial charge in [-0.1, -0.05) is 12.1 Å². The van der Waals surface area contributed by atoms with Gasteiger partial charge in [0, 0.05) is 30.6 Å². The molecule has 1 heterocycles. The third-order valence-corrected chi connectivity index (χ3v) is 5.76. The number of likely N-dealkylation sites (tertiary alicyclic amines) is 1. The number of aromatic carboxylic acids is 1. The molecule has 2 N–H and O–H groups in total. The topological polar surface area (TPSA) is 69.6 Å². The summed E-state index contributed by atoms with van der Waals surface area (Å²) in [5.74, 6) is -0.882. The quantitative estimate of drug-likeness (QED) is 0.695. The van der Waals surface area contributed by atoms with Crippen LogP contribution in [0, 0.1) is 5.82 Å². The molecule has 3 rings (SSSR count). The van der Waals surface area contributed by atoms with E-state index in [1.54, 1.807) is 24.3 Å². The van der Waals surface area contributed by atoms with Crippen molar-refractivity contribution in [3.8, 4) is 0 Å². The monoisotopic (exact) mass is 402 g/mol. The summed E-state index contributed by atoms with van der Waals surface area (Å²) >= 11 is 1.39. The first-order chi connectivity index (χ1) is 13.5. The Kier molecular flexibility index (Phi) is 7.06. The van der Waals surface area contributed by atoms with Crippen molar-refractivity contribution in [2.75, 3.05) is 18.8 Å². The first-order valence-corrected chi connectivity index (χ1v) is 10.2. The summed E-state index contributed by atoms with van der Waals surface area (Å²) in [6, 6.07) is 13.3. The molecule has 7 heteroatoms. The van der Waals surface area contributed by atoms with Crippen molar-refractivity contribution in [2.45, 2.75) is 30.3 Å². The molecule has 5 nitrogen and oxygen atoms in total. The molecule has 1 aliphatic rings. The highest BCUT2D eigenvalue weighted by atomic mass is 32.2. The second-order valence-corrected chi connectivity index (χ2v) is 7.91. The van der Waals surface area contributed by atoms with E-state index in [0.717, 1.165) is 42.9 Å². The maximum Gasteiger partial charge on any atom is 0.335 e. The van der Waals surface area contributed by atoms with Gasteiger partial charge in [0.05, 0.1) is 11.3 Å². The van der Waals surface area contributed by atoms with Gasteiger partial charge < -0.3 is 10.4 Å². The highest BCUT2D eigenvalue weighted by molar-refractivity contribution is 8.00. The van der Waals surface area contributed by atoms with Crippen molar-refractivity contribution in [2.24, 2.45) is 0 Å². The van der Waals surface area contributed by atoms with E-state index >= 15 is 0 Å². The number of benzene rings is 2. The number of piperidine rings is 1. The van der Waals surface area contributed by atoms with Crippen LogP contribution in [0.2, 0.25) is 0 Å². The van der Waals surface area contributed by atoms with Crippen LogP contribution in [-0.2, 0) is 11.3 Å². The zero-order chi connectivity index (χ0) is 19.9. The number of nitrogens with zero attached hydrogens (tertiary/aromatic N) is 1. The van der Waals surface area contributed by atoms with Crippen molar-refractivity contribution < 1.29 is 19.1 Å².